The lowest BCUT2D eigenvalue weighted by atomic mass is 10.2. The number of aliphatic imine (C=N–C) groups is 1. The second kappa shape index (κ2) is 8.08. The molecule has 6 nitrogen and oxygen atoms in total. The molecule has 1 aliphatic heterocycles. The van der Waals surface area contributed by atoms with Crippen LogP contribution in [0.3, 0.4) is 0 Å². The molecule has 1 aliphatic rings. The molecule has 1 aromatic rings. The van der Waals surface area contributed by atoms with Crippen molar-refractivity contribution in [1.29, 1.82) is 5.53 Å². The molecule has 0 saturated heterocycles. The zero-order valence-corrected chi connectivity index (χ0v) is 11.8. The maximum absolute atomic E-state index is 12.7. The number of hydrogen-bond acceptors (Lipinski definition) is 6. The SMILES string of the molecule is N=N/C(=C\Nc1cccc(C(F)F)c1)COC1N=CC(F)=CN1. The van der Waals surface area contributed by atoms with E-state index in [9.17, 15) is 13.2 Å². The number of nitrogens with one attached hydrogen (secondary N) is 3. The average molecular weight is 325 g/mol. The van der Waals surface area contributed by atoms with Crippen LogP contribution in [0, 0.1) is 5.53 Å². The van der Waals surface area contributed by atoms with Crippen LogP contribution in [-0.4, -0.2) is 19.2 Å². The molecule has 2 rings (SSSR count). The smallest absolute Gasteiger partial charge is 0.263 e. The Bertz CT molecular complexity index is 645. The van der Waals surface area contributed by atoms with Crippen molar-refractivity contribution in [3.63, 3.8) is 0 Å². The maximum atomic E-state index is 12.7. The van der Waals surface area contributed by atoms with Gasteiger partial charge in [-0.1, -0.05) is 12.1 Å². The highest BCUT2D eigenvalue weighted by atomic mass is 19.3. The molecule has 0 aliphatic carbocycles. The first-order valence-electron chi connectivity index (χ1n) is 6.56. The summed E-state index contributed by atoms with van der Waals surface area (Å²) in [4.78, 5) is 3.73. The molecule has 0 bridgehead atoms. The molecule has 0 spiro atoms. The Morgan fingerprint density at radius 3 is 3.00 bits per heavy atom. The van der Waals surface area contributed by atoms with Crippen molar-refractivity contribution < 1.29 is 17.9 Å². The van der Waals surface area contributed by atoms with Crippen LogP contribution in [0.2, 0.25) is 0 Å². The van der Waals surface area contributed by atoms with Gasteiger partial charge in [-0.25, -0.2) is 23.7 Å². The fraction of sp³-hybridized carbons (Fsp3) is 0.214. The summed E-state index contributed by atoms with van der Waals surface area (Å²) in [6, 6.07) is 5.71. The van der Waals surface area contributed by atoms with E-state index in [1.54, 1.807) is 6.07 Å². The van der Waals surface area contributed by atoms with Crippen molar-refractivity contribution in [2.24, 2.45) is 10.1 Å². The van der Waals surface area contributed by atoms with Crippen molar-refractivity contribution in [3.05, 3.63) is 53.8 Å². The number of ether oxygens (including phenoxy) is 1. The van der Waals surface area contributed by atoms with Crippen molar-refractivity contribution in [2.45, 2.75) is 12.8 Å². The van der Waals surface area contributed by atoms with Crippen LogP contribution in [0.1, 0.15) is 12.0 Å². The Hall–Kier alpha value is -2.68. The van der Waals surface area contributed by atoms with Crippen LogP contribution in [0.5, 0.6) is 0 Å². The van der Waals surface area contributed by atoms with Gasteiger partial charge in [0.25, 0.3) is 6.43 Å². The summed E-state index contributed by atoms with van der Waals surface area (Å²) in [6.07, 6.45) is 0.138. The number of benzene rings is 1. The van der Waals surface area contributed by atoms with Gasteiger partial charge < -0.3 is 15.4 Å². The Kier molecular flexibility index (Phi) is 5.87. The molecule has 0 aromatic heterocycles. The van der Waals surface area contributed by atoms with Gasteiger partial charge in [-0.15, -0.1) is 0 Å². The van der Waals surface area contributed by atoms with Crippen molar-refractivity contribution >= 4 is 11.9 Å². The summed E-state index contributed by atoms with van der Waals surface area (Å²) in [7, 11) is 0. The molecule has 122 valence electrons. The van der Waals surface area contributed by atoms with Crippen molar-refractivity contribution in [2.75, 3.05) is 11.9 Å². The molecular weight excluding hydrogens is 311 g/mol. The number of halogens is 3. The Labute approximate surface area is 130 Å². The van der Waals surface area contributed by atoms with Gasteiger partial charge in [-0.3, -0.25) is 0 Å². The van der Waals surface area contributed by atoms with Gasteiger partial charge in [0.2, 0.25) is 6.35 Å². The predicted molar refractivity (Wildman–Crippen MR) is 78.8 cm³/mol. The molecule has 9 heteroatoms. The van der Waals surface area contributed by atoms with E-state index < -0.39 is 18.6 Å². The molecule has 0 fully saturated rings. The van der Waals surface area contributed by atoms with Gasteiger partial charge in [0.15, 0.2) is 5.83 Å². The van der Waals surface area contributed by atoms with Crippen LogP contribution in [0.25, 0.3) is 0 Å². The topological polar surface area (TPSA) is 81.9 Å². The van der Waals surface area contributed by atoms with Gasteiger partial charge in [-0.2, -0.15) is 5.11 Å². The van der Waals surface area contributed by atoms with E-state index in [1.165, 1.54) is 24.4 Å². The molecule has 1 unspecified atom stereocenters. The summed E-state index contributed by atoms with van der Waals surface area (Å²) in [5, 5.41) is 8.58. The van der Waals surface area contributed by atoms with Crippen LogP contribution >= 0.6 is 0 Å². The first kappa shape index (κ1) is 16.7. The van der Waals surface area contributed by atoms with E-state index >= 15 is 0 Å². The lowest BCUT2D eigenvalue weighted by Crippen LogP contribution is -2.29. The largest absolute Gasteiger partial charge is 0.360 e. The predicted octanol–water partition coefficient (Wildman–Crippen LogP) is 3.69. The molecule has 1 aromatic carbocycles. The fourth-order valence-electron chi connectivity index (χ4n) is 1.66. The minimum atomic E-state index is -2.56. The minimum Gasteiger partial charge on any atom is -0.360 e. The van der Waals surface area contributed by atoms with E-state index in [0.717, 1.165) is 12.4 Å². The lowest BCUT2D eigenvalue weighted by molar-refractivity contribution is 0.0593. The van der Waals surface area contributed by atoms with E-state index in [4.69, 9.17) is 10.3 Å². The van der Waals surface area contributed by atoms with Crippen LogP contribution < -0.4 is 10.6 Å². The molecule has 3 N–H and O–H groups in total. The Balaban J connectivity index is 1.90. The number of allylic oxidation sites excluding steroid dienone is 1. The van der Waals surface area contributed by atoms with Crippen LogP contribution in [0.4, 0.5) is 18.9 Å². The second-order valence-corrected chi connectivity index (χ2v) is 4.46. The maximum Gasteiger partial charge on any atom is 0.263 e. The van der Waals surface area contributed by atoms with Gasteiger partial charge >= 0.3 is 0 Å². The van der Waals surface area contributed by atoms with Gasteiger partial charge in [-0.05, 0) is 12.1 Å². The van der Waals surface area contributed by atoms with Gasteiger partial charge in [0.1, 0.15) is 5.70 Å². The zero-order valence-electron chi connectivity index (χ0n) is 11.8. The first-order valence-corrected chi connectivity index (χ1v) is 6.56. The molecule has 0 radical (unpaired) electrons. The van der Waals surface area contributed by atoms with E-state index in [0.29, 0.717) is 5.69 Å². The van der Waals surface area contributed by atoms with Crippen LogP contribution in [0.15, 0.2) is 58.3 Å². The molecule has 0 saturated carbocycles. The molecule has 1 atom stereocenters. The summed E-state index contributed by atoms with van der Waals surface area (Å²) in [6.45, 7) is -0.0739. The van der Waals surface area contributed by atoms with Gasteiger partial charge in [0.05, 0.1) is 12.8 Å². The number of alkyl halides is 2. The minimum absolute atomic E-state index is 0.0739. The van der Waals surface area contributed by atoms with E-state index in [2.05, 4.69) is 20.7 Å². The third kappa shape index (κ3) is 5.22. The Morgan fingerprint density at radius 2 is 2.35 bits per heavy atom. The normalized spacial score (nSPS) is 17.7. The Morgan fingerprint density at radius 1 is 1.52 bits per heavy atom. The highest BCUT2D eigenvalue weighted by Gasteiger charge is 2.10. The fourth-order valence-corrected chi connectivity index (χ4v) is 1.66. The highest BCUT2D eigenvalue weighted by molar-refractivity contribution is 5.76. The first-order chi connectivity index (χ1) is 11.1. The second-order valence-electron chi connectivity index (χ2n) is 4.46. The summed E-state index contributed by atoms with van der Waals surface area (Å²) < 4.78 is 43.2. The van der Waals surface area contributed by atoms with E-state index in [1.807, 2.05) is 0 Å². The monoisotopic (exact) mass is 325 g/mol. The molecule has 0 amide bonds. The highest BCUT2D eigenvalue weighted by Crippen LogP contribution is 2.21. The summed E-state index contributed by atoms with van der Waals surface area (Å²) in [5.41, 5.74) is 7.60. The third-order valence-electron chi connectivity index (χ3n) is 2.77. The number of anilines is 1. The quantitative estimate of drug-likeness (QED) is 0.669. The van der Waals surface area contributed by atoms with Gasteiger partial charge in [0, 0.05) is 23.7 Å². The zero-order chi connectivity index (χ0) is 16.7. The van der Waals surface area contributed by atoms with Crippen molar-refractivity contribution in [3.8, 4) is 0 Å². The standard InChI is InChI=1S/C14H14F3N5O/c15-10-5-20-14(21-6-10)23-8-12(22-18)7-19-11-3-1-2-9(4-11)13(16)17/h1-7,13-14,18-20H,8H2/b12-7-,22-18?. The summed E-state index contributed by atoms with van der Waals surface area (Å²) in [5.74, 6) is -0.522. The van der Waals surface area contributed by atoms with E-state index in [-0.39, 0.29) is 17.9 Å². The average Bonchev–Trinajstić information content (AvgIpc) is 2.57. The molecular formula is C14H14F3N5O. The molecule has 1 heterocycles. The summed E-state index contributed by atoms with van der Waals surface area (Å²) >= 11 is 0. The lowest BCUT2D eigenvalue weighted by Gasteiger charge is -2.16. The molecule has 23 heavy (non-hydrogen) atoms. The van der Waals surface area contributed by atoms with Crippen LogP contribution in [-0.2, 0) is 4.74 Å². The third-order valence-corrected chi connectivity index (χ3v) is 2.77. The van der Waals surface area contributed by atoms with Crippen molar-refractivity contribution in [1.82, 2.24) is 5.32 Å². The number of hydrogen-bond donors (Lipinski definition) is 3. The number of rotatable bonds is 7. The number of nitrogens with zero attached hydrogens (tertiary/aromatic N) is 2.